The summed E-state index contributed by atoms with van der Waals surface area (Å²) < 4.78 is 36.0. The Kier molecular flexibility index (Phi) is 5.95. The molecule has 0 bridgehead atoms. The molecule has 5 nitrogen and oxygen atoms in total. The standard InChI is InChI=1S/C13H19F3N4O/c1-8(2)10-6-9(7-11(19-10)20-17)12(21)18-5-3-4-13(14,15)16/h6-8H,3-5,17H2,1-2H3,(H,18,21)(H,19,20). The van der Waals surface area contributed by atoms with Crippen molar-refractivity contribution in [3.05, 3.63) is 23.4 Å². The average Bonchev–Trinajstić information content (AvgIpc) is 2.41. The summed E-state index contributed by atoms with van der Waals surface area (Å²) in [5.74, 6) is 5.27. The molecule has 0 fully saturated rings. The van der Waals surface area contributed by atoms with Gasteiger partial charge in [0.25, 0.3) is 5.91 Å². The molecule has 4 N–H and O–H groups in total. The molecule has 0 aliphatic heterocycles. The number of pyridine rings is 1. The van der Waals surface area contributed by atoms with Crippen molar-refractivity contribution in [2.24, 2.45) is 5.84 Å². The molecule has 8 heteroatoms. The lowest BCUT2D eigenvalue weighted by atomic mass is 10.1. The van der Waals surface area contributed by atoms with Crippen molar-refractivity contribution >= 4 is 11.7 Å². The summed E-state index contributed by atoms with van der Waals surface area (Å²) >= 11 is 0. The number of carbonyl (C=O) groups is 1. The molecule has 0 saturated carbocycles. The number of halogens is 3. The molecule has 0 radical (unpaired) electrons. The van der Waals surface area contributed by atoms with E-state index in [2.05, 4.69) is 15.7 Å². The van der Waals surface area contributed by atoms with Crippen molar-refractivity contribution in [3.8, 4) is 0 Å². The second-order valence-corrected chi connectivity index (χ2v) is 4.94. The third-order valence-corrected chi connectivity index (χ3v) is 2.77. The molecule has 1 rings (SSSR count). The van der Waals surface area contributed by atoms with Gasteiger partial charge >= 0.3 is 6.18 Å². The Labute approximate surface area is 121 Å². The number of carbonyl (C=O) groups excluding carboxylic acids is 1. The normalized spacial score (nSPS) is 11.6. The molecule has 1 heterocycles. The number of nitrogens with one attached hydrogen (secondary N) is 2. The van der Waals surface area contributed by atoms with Crippen molar-refractivity contribution in [1.29, 1.82) is 0 Å². The number of rotatable bonds is 6. The van der Waals surface area contributed by atoms with E-state index < -0.39 is 18.5 Å². The molecule has 0 aromatic carbocycles. The van der Waals surface area contributed by atoms with Crippen LogP contribution in [-0.4, -0.2) is 23.6 Å². The predicted molar refractivity (Wildman–Crippen MR) is 73.8 cm³/mol. The highest BCUT2D eigenvalue weighted by Crippen LogP contribution is 2.21. The van der Waals surface area contributed by atoms with Gasteiger partial charge < -0.3 is 10.7 Å². The van der Waals surface area contributed by atoms with E-state index in [9.17, 15) is 18.0 Å². The Morgan fingerprint density at radius 2 is 2.05 bits per heavy atom. The van der Waals surface area contributed by atoms with Gasteiger partial charge in [-0.15, -0.1) is 0 Å². The third kappa shape index (κ3) is 5.99. The minimum atomic E-state index is -4.21. The van der Waals surface area contributed by atoms with Crippen LogP contribution < -0.4 is 16.6 Å². The first-order valence-corrected chi connectivity index (χ1v) is 6.56. The number of hydrazine groups is 1. The van der Waals surface area contributed by atoms with Gasteiger partial charge in [-0.25, -0.2) is 10.8 Å². The van der Waals surface area contributed by atoms with Gasteiger partial charge in [0.15, 0.2) is 0 Å². The first-order valence-electron chi connectivity index (χ1n) is 6.56. The highest BCUT2D eigenvalue weighted by Gasteiger charge is 2.26. The van der Waals surface area contributed by atoms with Crippen LogP contribution in [0.4, 0.5) is 19.0 Å². The summed E-state index contributed by atoms with van der Waals surface area (Å²) in [6.07, 6.45) is -5.28. The molecule has 1 aromatic heterocycles. The van der Waals surface area contributed by atoms with Crippen LogP contribution in [0, 0.1) is 0 Å². The fourth-order valence-electron chi connectivity index (χ4n) is 1.65. The van der Waals surface area contributed by atoms with Crippen LogP contribution in [0.25, 0.3) is 0 Å². The number of nitrogen functional groups attached to an aromatic ring is 1. The maximum atomic E-state index is 12.0. The molecule has 1 aromatic rings. The van der Waals surface area contributed by atoms with Crippen molar-refractivity contribution in [3.63, 3.8) is 0 Å². The topological polar surface area (TPSA) is 80.0 Å². The number of hydrogen-bond acceptors (Lipinski definition) is 4. The van der Waals surface area contributed by atoms with Crippen LogP contribution in [0.5, 0.6) is 0 Å². The number of hydrogen-bond donors (Lipinski definition) is 3. The number of alkyl halides is 3. The van der Waals surface area contributed by atoms with Crippen molar-refractivity contribution in [2.45, 2.75) is 38.8 Å². The van der Waals surface area contributed by atoms with Crippen LogP contribution in [0.15, 0.2) is 12.1 Å². The molecule has 0 spiro atoms. The van der Waals surface area contributed by atoms with Gasteiger partial charge in [-0.3, -0.25) is 4.79 Å². The Bertz CT molecular complexity index is 489. The lowest BCUT2D eigenvalue weighted by Crippen LogP contribution is -2.26. The van der Waals surface area contributed by atoms with Gasteiger partial charge in [-0.05, 0) is 24.5 Å². The highest BCUT2D eigenvalue weighted by atomic mass is 19.4. The molecular formula is C13H19F3N4O. The summed E-state index contributed by atoms with van der Waals surface area (Å²) in [6, 6.07) is 3.05. The monoisotopic (exact) mass is 304 g/mol. The lowest BCUT2D eigenvalue weighted by molar-refractivity contribution is -0.135. The molecule has 118 valence electrons. The second-order valence-electron chi connectivity index (χ2n) is 4.94. The molecule has 0 aliphatic rings. The molecule has 0 aliphatic carbocycles. The van der Waals surface area contributed by atoms with E-state index >= 15 is 0 Å². The van der Waals surface area contributed by atoms with Crippen molar-refractivity contribution in [2.75, 3.05) is 12.0 Å². The Balaban J connectivity index is 2.67. The molecule has 0 saturated heterocycles. The van der Waals surface area contributed by atoms with E-state index in [1.165, 1.54) is 6.07 Å². The summed E-state index contributed by atoms with van der Waals surface area (Å²) in [4.78, 5) is 16.1. The number of amides is 1. The fourth-order valence-corrected chi connectivity index (χ4v) is 1.65. The molecule has 21 heavy (non-hydrogen) atoms. The van der Waals surface area contributed by atoms with E-state index in [0.717, 1.165) is 0 Å². The number of aromatic nitrogens is 1. The van der Waals surface area contributed by atoms with Crippen LogP contribution in [0.3, 0.4) is 0 Å². The summed E-state index contributed by atoms with van der Waals surface area (Å²) in [5.41, 5.74) is 3.35. The number of nitrogens with zero attached hydrogens (tertiary/aromatic N) is 1. The number of anilines is 1. The van der Waals surface area contributed by atoms with Gasteiger partial charge in [0, 0.05) is 24.2 Å². The van der Waals surface area contributed by atoms with Crippen molar-refractivity contribution < 1.29 is 18.0 Å². The van der Waals surface area contributed by atoms with Gasteiger partial charge in [-0.1, -0.05) is 13.8 Å². The Morgan fingerprint density at radius 3 is 2.57 bits per heavy atom. The predicted octanol–water partition coefficient (Wildman–Crippen LogP) is 2.56. The fraction of sp³-hybridized carbons (Fsp3) is 0.538. The van der Waals surface area contributed by atoms with Crippen LogP contribution in [0.2, 0.25) is 0 Å². The number of nitrogens with two attached hydrogens (primary N) is 1. The van der Waals surface area contributed by atoms with Gasteiger partial charge in [0.1, 0.15) is 5.82 Å². The van der Waals surface area contributed by atoms with E-state index in [-0.39, 0.29) is 18.9 Å². The maximum absolute atomic E-state index is 12.0. The molecule has 0 atom stereocenters. The maximum Gasteiger partial charge on any atom is 0.389 e. The summed E-state index contributed by atoms with van der Waals surface area (Å²) in [5, 5.41) is 2.45. The summed E-state index contributed by atoms with van der Waals surface area (Å²) in [6.45, 7) is 3.78. The largest absolute Gasteiger partial charge is 0.389 e. The van der Waals surface area contributed by atoms with Gasteiger partial charge in [-0.2, -0.15) is 13.2 Å². The van der Waals surface area contributed by atoms with E-state index in [1.807, 2.05) is 13.8 Å². The van der Waals surface area contributed by atoms with Gasteiger partial charge in [0.2, 0.25) is 0 Å². The zero-order valence-corrected chi connectivity index (χ0v) is 11.9. The minimum absolute atomic E-state index is 0.0386. The van der Waals surface area contributed by atoms with Crippen LogP contribution in [-0.2, 0) is 0 Å². The SMILES string of the molecule is CC(C)c1cc(C(=O)NCCCC(F)(F)F)cc(NN)n1. The van der Waals surface area contributed by atoms with E-state index in [1.54, 1.807) is 6.07 Å². The lowest BCUT2D eigenvalue weighted by Gasteiger charge is -2.11. The summed E-state index contributed by atoms with van der Waals surface area (Å²) in [7, 11) is 0. The Hall–Kier alpha value is -1.83. The molecule has 1 amide bonds. The highest BCUT2D eigenvalue weighted by molar-refractivity contribution is 5.95. The Morgan fingerprint density at radius 1 is 1.38 bits per heavy atom. The second kappa shape index (κ2) is 7.26. The first-order chi connectivity index (χ1) is 9.73. The average molecular weight is 304 g/mol. The van der Waals surface area contributed by atoms with Crippen LogP contribution >= 0.6 is 0 Å². The third-order valence-electron chi connectivity index (χ3n) is 2.77. The molecular weight excluding hydrogens is 285 g/mol. The zero-order chi connectivity index (χ0) is 16.0. The van der Waals surface area contributed by atoms with E-state index in [4.69, 9.17) is 5.84 Å². The molecule has 0 unspecified atom stereocenters. The quantitative estimate of drug-likeness (QED) is 0.429. The van der Waals surface area contributed by atoms with Crippen molar-refractivity contribution in [1.82, 2.24) is 10.3 Å². The zero-order valence-electron chi connectivity index (χ0n) is 11.9. The van der Waals surface area contributed by atoms with Crippen LogP contribution in [0.1, 0.15) is 48.7 Å². The minimum Gasteiger partial charge on any atom is -0.352 e. The first kappa shape index (κ1) is 17.2. The smallest absolute Gasteiger partial charge is 0.352 e. The van der Waals surface area contributed by atoms with E-state index in [0.29, 0.717) is 17.1 Å². The van der Waals surface area contributed by atoms with Gasteiger partial charge in [0.05, 0.1) is 0 Å².